The highest BCUT2D eigenvalue weighted by atomic mass is 14.9. The lowest BCUT2D eigenvalue weighted by Crippen LogP contribution is -1.98. The van der Waals surface area contributed by atoms with Gasteiger partial charge in [-0.3, -0.25) is 0 Å². The SMILES string of the molecule is Cc1ccc(-c2nc(-c3c(C)cccc3C#N)nc3ccccc23)cc1. The highest BCUT2D eigenvalue weighted by Crippen LogP contribution is 2.31. The zero-order valence-corrected chi connectivity index (χ0v) is 14.7. The second-order valence-electron chi connectivity index (χ2n) is 6.39. The molecule has 124 valence electrons. The Labute approximate surface area is 152 Å². The van der Waals surface area contributed by atoms with Gasteiger partial charge in [0.05, 0.1) is 22.8 Å². The molecule has 0 saturated carbocycles. The van der Waals surface area contributed by atoms with Gasteiger partial charge in [0.25, 0.3) is 0 Å². The van der Waals surface area contributed by atoms with E-state index in [1.54, 1.807) is 0 Å². The second kappa shape index (κ2) is 6.42. The Balaban J connectivity index is 2.05. The van der Waals surface area contributed by atoms with E-state index in [1.165, 1.54) is 5.56 Å². The van der Waals surface area contributed by atoms with Gasteiger partial charge in [0.1, 0.15) is 0 Å². The lowest BCUT2D eigenvalue weighted by Gasteiger charge is -2.12. The van der Waals surface area contributed by atoms with Gasteiger partial charge < -0.3 is 0 Å². The van der Waals surface area contributed by atoms with Crippen molar-refractivity contribution < 1.29 is 0 Å². The number of hydrogen-bond acceptors (Lipinski definition) is 3. The van der Waals surface area contributed by atoms with Crippen LogP contribution in [0.5, 0.6) is 0 Å². The summed E-state index contributed by atoms with van der Waals surface area (Å²) in [6.07, 6.45) is 0. The fraction of sp³-hybridized carbons (Fsp3) is 0.0870. The van der Waals surface area contributed by atoms with Gasteiger partial charge in [-0.1, -0.05) is 60.2 Å². The Morgan fingerprint density at radius 2 is 1.58 bits per heavy atom. The van der Waals surface area contributed by atoms with E-state index >= 15 is 0 Å². The summed E-state index contributed by atoms with van der Waals surface area (Å²) in [5, 5.41) is 10.5. The molecular weight excluding hydrogens is 318 g/mol. The molecule has 3 heteroatoms. The Kier molecular flexibility index (Phi) is 3.95. The monoisotopic (exact) mass is 335 g/mol. The summed E-state index contributed by atoms with van der Waals surface area (Å²) in [5.74, 6) is 0.592. The molecular formula is C23H17N3. The van der Waals surface area contributed by atoms with Crippen molar-refractivity contribution in [2.45, 2.75) is 13.8 Å². The molecule has 0 amide bonds. The standard InChI is InChI=1S/C23H17N3/c1-15-10-12-17(13-11-15)22-19-8-3-4-9-20(19)25-23(26-22)21-16(2)6-5-7-18(21)14-24/h3-13H,1-2H3. The molecule has 0 spiro atoms. The molecule has 0 N–H and O–H groups in total. The molecule has 4 rings (SSSR count). The minimum absolute atomic E-state index is 0.592. The number of benzene rings is 3. The van der Waals surface area contributed by atoms with Crippen molar-refractivity contribution in [3.05, 3.63) is 83.4 Å². The van der Waals surface area contributed by atoms with Gasteiger partial charge in [-0.15, -0.1) is 0 Å². The highest BCUT2D eigenvalue weighted by Gasteiger charge is 2.15. The Hall–Kier alpha value is -3.51. The summed E-state index contributed by atoms with van der Waals surface area (Å²) < 4.78 is 0. The first kappa shape index (κ1) is 16.0. The van der Waals surface area contributed by atoms with Crippen molar-refractivity contribution in [1.82, 2.24) is 9.97 Å². The molecule has 1 heterocycles. The third kappa shape index (κ3) is 2.72. The number of aromatic nitrogens is 2. The first-order valence-corrected chi connectivity index (χ1v) is 8.51. The van der Waals surface area contributed by atoms with Crippen LogP contribution in [0.2, 0.25) is 0 Å². The molecule has 0 bridgehead atoms. The first-order valence-electron chi connectivity index (χ1n) is 8.51. The van der Waals surface area contributed by atoms with Crippen molar-refractivity contribution in [2.24, 2.45) is 0 Å². The summed E-state index contributed by atoms with van der Waals surface area (Å²) >= 11 is 0. The molecule has 3 nitrogen and oxygen atoms in total. The number of rotatable bonds is 2. The maximum absolute atomic E-state index is 9.53. The van der Waals surface area contributed by atoms with Gasteiger partial charge in [0, 0.05) is 16.5 Å². The zero-order valence-electron chi connectivity index (χ0n) is 14.7. The zero-order chi connectivity index (χ0) is 18.1. The number of nitriles is 1. The third-order valence-electron chi connectivity index (χ3n) is 4.55. The van der Waals surface area contributed by atoms with Gasteiger partial charge in [-0.05, 0) is 31.5 Å². The molecule has 1 aromatic heterocycles. The van der Waals surface area contributed by atoms with Gasteiger partial charge >= 0.3 is 0 Å². The number of aryl methyl sites for hydroxylation is 2. The van der Waals surface area contributed by atoms with Crippen molar-refractivity contribution in [3.8, 4) is 28.7 Å². The molecule has 0 fully saturated rings. The van der Waals surface area contributed by atoms with Crippen LogP contribution in [-0.2, 0) is 0 Å². The number of fused-ring (bicyclic) bond motifs is 1. The molecule has 0 aliphatic heterocycles. The summed E-state index contributed by atoms with van der Waals surface area (Å²) in [6.45, 7) is 4.06. The van der Waals surface area contributed by atoms with Gasteiger partial charge in [0.2, 0.25) is 0 Å². The molecule has 26 heavy (non-hydrogen) atoms. The maximum atomic E-state index is 9.53. The van der Waals surface area contributed by atoms with Crippen LogP contribution in [0.15, 0.2) is 66.7 Å². The van der Waals surface area contributed by atoms with E-state index in [-0.39, 0.29) is 0 Å². The minimum Gasteiger partial charge on any atom is -0.228 e. The predicted octanol–water partition coefficient (Wildman–Crippen LogP) is 5.45. The average Bonchev–Trinajstić information content (AvgIpc) is 2.67. The minimum atomic E-state index is 0.592. The molecule has 4 aromatic rings. The molecule has 3 aromatic carbocycles. The summed E-state index contributed by atoms with van der Waals surface area (Å²) in [4.78, 5) is 9.63. The van der Waals surface area contributed by atoms with Crippen LogP contribution in [0.25, 0.3) is 33.5 Å². The average molecular weight is 335 g/mol. The summed E-state index contributed by atoms with van der Waals surface area (Å²) in [6, 6.07) is 24.3. The fourth-order valence-electron chi connectivity index (χ4n) is 3.18. The molecule has 0 aliphatic carbocycles. The fourth-order valence-corrected chi connectivity index (χ4v) is 3.18. The molecule has 0 atom stereocenters. The van der Waals surface area contributed by atoms with Gasteiger partial charge in [-0.2, -0.15) is 5.26 Å². The van der Waals surface area contributed by atoms with Crippen molar-refractivity contribution in [3.63, 3.8) is 0 Å². The van der Waals surface area contributed by atoms with E-state index < -0.39 is 0 Å². The molecule has 0 saturated heterocycles. The highest BCUT2D eigenvalue weighted by molar-refractivity contribution is 5.94. The summed E-state index contributed by atoms with van der Waals surface area (Å²) in [5.41, 5.74) is 6.40. The van der Waals surface area contributed by atoms with E-state index in [9.17, 15) is 5.26 Å². The van der Waals surface area contributed by atoms with Crippen LogP contribution >= 0.6 is 0 Å². The van der Waals surface area contributed by atoms with Crippen LogP contribution in [0.3, 0.4) is 0 Å². The Bertz CT molecular complexity index is 1150. The molecule has 0 unspecified atom stereocenters. The largest absolute Gasteiger partial charge is 0.228 e. The van der Waals surface area contributed by atoms with Crippen LogP contribution in [0, 0.1) is 25.2 Å². The smallest absolute Gasteiger partial charge is 0.162 e. The van der Waals surface area contributed by atoms with Crippen LogP contribution < -0.4 is 0 Å². The van der Waals surface area contributed by atoms with Crippen molar-refractivity contribution in [1.29, 1.82) is 5.26 Å². The lowest BCUT2D eigenvalue weighted by molar-refractivity contribution is 1.21. The summed E-state index contributed by atoms with van der Waals surface area (Å²) in [7, 11) is 0. The van der Waals surface area contributed by atoms with Crippen molar-refractivity contribution >= 4 is 10.9 Å². The number of hydrogen-bond donors (Lipinski definition) is 0. The van der Waals surface area contributed by atoms with E-state index in [1.807, 2.05) is 49.4 Å². The van der Waals surface area contributed by atoms with E-state index in [0.29, 0.717) is 11.4 Å². The van der Waals surface area contributed by atoms with Crippen LogP contribution in [0.1, 0.15) is 16.7 Å². The number of para-hydroxylation sites is 1. The lowest BCUT2D eigenvalue weighted by atomic mass is 10.0. The Morgan fingerprint density at radius 3 is 2.35 bits per heavy atom. The normalized spacial score (nSPS) is 10.7. The van der Waals surface area contributed by atoms with Crippen LogP contribution in [-0.4, -0.2) is 9.97 Å². The number of nitrogens with zero attached hydrogens (tertiary/aromatic N) is 3. The topological polar surface area (TPSA) is 49.6 Å². The van der Waals surface area contributed by atoms with Crippen molar-refractivity contribution in [2.75, 3.05) is 0 Å². The van der Waals surface area contributed by atoms with Gasteiger partial charge in [-0.25, -0.2) is 9.97 Å². The van der Waals surface area contributed by atoms with E-state index in [0.717, 1.165) is 33.3 Å². The van der Waals surface area contributed by atoms with E-state index in [4.69, 9.17) is 9.97 Å². The molecule has 0 aliphatic rings. The third-order valence-corrected chi connectivity index (χ3v) is 4.55. The molecule has 0 radical (unpaired) electrons. The Morgan fingerprint density at radius 1 is 0.808 bits per heavy atom. The maximum Gasteiger partial charge on any atom is 0.162 e. The van der Waals surface area contributed by atoms with Gasteiger partial charge in [0.15, 0.2) is 5.82 Å². The predicted molar refractivity (Wildman–Crippen MR) is 105 cm³/mol. The first-order chi connectivity index (χ1) is 12.7. The second-order valence-corrected chi connectivity index (χ2v) is 6.39. The van der Waals surface area contributed by atoms with E-state index in [2.05, 4.69) is 37.3 Å². The van der Waals surface area contributed by atoms with Crippen LogP contribution in [0.4, 0.5) is 0 Å². The quantitative estimate of drug-likeness (QED) is 0.489.